The molecule has 2 aliphatic rings. The molecule has 2 aliphatic heterocycles. The van der Waals surface area contributed by atoms with E-state index in [0.29, 0.717) is 12.2 Å². The number of fused-ring (bicyclic) bond motifs is 2. The lowest BCUT2D eigenvalue weighted by Gasteiger charge is -2.21. The van der Waals surface area contributed by atoms with E-state index in [1.807, 2.05) is 11.0 Å². The van der Waals surface area contributed by atoms with Gasteiger partial charge < -0.3 is 10.4 Å². The van der Waals surface area contributed by atoms with Gasteiger partial charge in [-0.1, -0.05) is 0 Å². The smallest absolute Gasteiger partial charge is 0.308 e. The van der Waals surface area contributed by atoms with Crippen molar-refractivity contribution in [2.45, 2.75) is 31.3 Å². The Morgan fingerprint density at radius 1 is 1.43 bits per heavy atom. The summed E-state index contributed by atoms with van der Waals surface area (Å²) in [6.45, 7) is 0.233. The van der Waals surface area contributed by atoms with E-state index in [1.165, 1.54) is 0 Å². The first-order valence-electron chi connectivity index (χ1n) is 6.94. The minimum Gasteiger partial charge on any atom is -0.481 e. The zero-order chi connectivity index (χ0) is 15.0. The molecular weight excluding hydrogens is 338 g/mol. The van der Waals surface area contributed by atoms with Crippen molar-refractivity contribution in [3.8, 4) is 0 Å². The highest BCUT2D eigenvalue weighted by Gasteiger charge is 2.49. The Morgan fingerprint density at radius 3 is 2.86 bits per heavy atom. The zero-order valence-corrected chi connectivity index (χ0v) is 12.9. The number of carboxylic acids is 1. The van der Waals surface area contributed by atoms with Crippen molar-refractivity contribution in [3.63, 3.8) is 0 Å². The quantitative estimate of drug-likeness (QED) is 0.861. The number of aliphatic carboxylic acids is 1. The third kappa shape index (κ3) is 2.94. The second kappa shape index (κ2) is 5.73. The number of nitrogens with one attached hydrogen (secondary N) is 1. The summed E-state index contributed by atoms with van der Waals surface area (Å²) in [5.74, 6) is -0.721. The highest BCUT2D eigenvalue weighted by molar-refractivity contribution is 9.10. The Kier molecular flexibility index (Phi) is 3.95. The van der Waals surface area contributed by atoms with Crippen LogP contribution in [0.1, 0.15) is 19.3 Å². The molecule has 2 bridgehead atoms. The number of hydrogen-bond acceptors (Lipinski definition) is 4. The van der Waals surface area contributed by atoms with E-state index in [2.05, 4.69) is 26.2 Å². The lowest BCUT2D eigenvalue weighted by atomic mass is 9.89. The number of rotatable bonds is 4. The second-order valence-corrected chi connectivity index (χ2v) is 6.48. The maximum Gasteiger partial charge on any atom is 0.308 e. The highest BCUT2D eigenvalue weighted by Crippen LogP contribution is 2.41. The highest BCUT2D eigenvalue weighted by atomic mass is 79.9. The maximum absolute atomic E-state index is 12.1. The van der Waals surface area contributed by atoms with Crippen LogP contribution < -0.4 is 5.32 Å². The van der Waals surface area contributed by atoms with E-state index in [9.17, 15) is 14.7 Å². The lowest BCUT2D eigenvalue weighted by molar-refractivity contribution is -0.142. The van der Waals surface area contributed by atoms with E-state index in [4.69, 9.17) is 0 Å². The van der Waals surface area contributed by atoms with Crippen molar-refractivity contribution in [1.29, 1.82) is 0 Å². The van der Waals surface area contributed by atoms with E-state index >= 15 is 0 Å². The molecule has 3 unspecified atom stereocenters. The van der Waals surface area contributed by atoms with Crippen molar-refractivity contribution in [3.05, 3.63) is 22.8 Å². The van der Waals surface area contributed by atoms with E-state index in [1.54, 1.807) is 12.3 Å². The van der Waals surface area contributed by atoms with Gasteiger partial charge in [0, 0.05) is 22.8 Å². The Labute approximate surface area is 130 Å². The average molecular weight is 354 g/mol. The number of halogens is 1. The molecule has 2 saturated heterocycles. The molecule has 0 saturated carbocycles. The van der Waals surface area contributed by atoms with Crippen molar-refractivity contribution in [1.82, 2.24) is 9.88 Å². The van der Waals surface area contributed by atoms with Crippen LogP contribution in [0, 0.1) is 5.92 Å². The van der Waals surface area contributed by atoms with Crippen LogP contribution in [0.3, 0.4) is 0 Å². The molecule has 1 amide bonds. The number of anilines is 1. The molecule has 0 spiro atoms. The van der Waals surface area contributed by atoms with E-state index < -0.39 is 5.97 Å². The predicted molar refractivity (Wildman–Crippen MR) is 79.8 cm³/mol. The Balaban J connectivity index is 1.61. The van der Waals surface area contributed by atoms with Gasteiger partial charge in [-0.05, 0) is 47.3 Å². The average Bonchev–Trinajstić information content (AvgIpc) is 2.98. The van der Waals surface area contributed by atoms with Gasteiger partial charge in [-0.15, -0.1) is 0 Å². The molecular formula is C14H16BrN3O3. The minimum atomic E-state index is -0.748. The molecule has 0 radical (unpaired) electrons. The van der Waals surface area contributed by atoms with Crippen LogP contribution in [-0.4, -0.2) is 45.5 Å². The van der Waals surface area contributed by atoms with Gasteiger partial charge in [-0.25, -0.2) is 4.98 Å². The number of nitrogens with zero attached hydrogens (tertiary/aromatic N) is 2. The van der Waals surface area contributed by atoms with Crippen molar-refractivity contribution >= 4 is 33.6 Å². The summed E-state index contributed by atoms with van der Waals surface area (Å²) in [4.78, 5) is 29.4. The van der Waals surface area contributed by atoms with E-state index in [0.717, 1.165) is 17.3 Å². The molecule has 112 valence electrons. The second-order valence-electron chi connectivity index (χ2n) is 5.56. The first kappa shape index (κ1) is 14.5. The molecule has 3 atom stereocenters. The molecule has 1 aromatic rings. The summed E-state index contributed by atoms with van der Waals surface area (Å²) in [5.41, 5.74) is 0. The van der Waals surface area contributed by atoms with Gasteiger partial charge in [-0.2, -0.15) is 0 Å². The van der Waals surface area contributed by atoms with Crippen LogP contribution in [0.15, 0.2) is 22.8 Å². The lowest BCUT2D eigenvalue weighted by Crippen LogP contribution is -2.38. The number of pyridine rings is 1. The fourth-order valence-electron chi connectivity index (χ4n) is 3.41. The first-order valence-corrected chi connectivity index (χ1v) is 7.74. The molecule has 3 heterocycles. The third-order valence-corrected chi connectivity index (χ3v) is 4.79. The van der Waals surface area contributed by atoms with Crippen LogP contribution in [0.4, 0.5) is 5.82 Å². The first-order chi connectivity index (χ1) is 10.0. The molecule has 6 nitrogen and oxygen atoms in total. The molecule has 3 rings (SSSR count). The summed E-state index contributed by atoms with van der Waals surface area (Å²) in [5, 5.41) is 12.0. The molecule has 1 aromatic heterocycles. The van der Waals surface area contributed by atoms with Gasteiger partial charge in [0.05, 0.1) is 12.5 Å². The van der Waals surface area contributed by atoms with E-state index in [-0.39, 0.29) is 30.5 Å². The normalized spacial score (nSPS) is 27.8. The standard InChI is InChI=1S/C14H16BrN3O3/c15-8-1-4-12(16-6-8)17-13(19)7-18-9-2-3-11(18)10(5-9)14(20)21/h1,4,6,9-11H,2-3,5,7H2,(H,20,21)(H,16,17,19). The Morgan fingerprint density at radius 2 is 2.24 bits per heavy atom. The summed E-state index contributed by atoms with van der Waals surface area (Å²) in [6.07, 6.45) is 4.13. The van der Waals surface area contributed by atoms with Crippen LogP contribution in [0.2, 0.25) is 0 Å². The topological polar surface area (TPSA) is 82.5 Å². The van der Waals surface area contributed by atoms with Gasteiger partial charge >= 0.3 is 5.97 Å². The predicted octanol–water partition coefficient (Wildman–Crippen LogP) is 1.72. The van der Waals surface area contributed by atoms with Crippen LogP contribution in [0.5, 0.6) is 0 Å². The zero-order valence-electron chi connectivity index (χ0n) is 11.3. The van der Waals surface area contributed by atoms with Gasteiger partial charge in [0.25, 0.3) is 0 Å². The molecule has 0 aromatic carbocycles. The maximum atomic E-state index is 12.1. The van der Waals surface area contributed by atoms with Crippen molar-refractivity contribution < 1.29 is 14.7 Å². The number of carboxylic acid groups (broad SMARTS) is 1. The molecule has 0 aliphatic carbocycles. The Hall–Kier alpha value is -1.47. The summed E-state index contributed by atoms with van der Waals surface area (Å²) < 4.78 is 0.849. The van der Waals surface area contributed by atoms with Crippen LogP contribution in [-0.2, 0) is 9.59 Å². The Bertz CT molecular complexity index is 563. The fourth-order valence-corrected chi connectivity index (χ4v) is 3.65. The molecule has 7 heteroatoms. The van der Waals surface area contributed by atoms with Gasteiger partial charge in [0.15, 0.2) is 0 Å². The SMILES string of the molecule is O=C(CN1C2CCC1C(C(=O)O)C2)Nc1ccc(Br)cn1. The van der Waals surface area contributed by atoms with Crippen LogP contribution in [0.25, 0.3) is 0 Å². The minimum absolute atomic E-state index is 0.00359. The number of aromatic nitrogens is 1. The number of carbonyl (C=O) groups excluding carboxylic acids is 1. The van der Waals surface area contributed by atoms with Gasteiger partial charge in [-0.3, -0.25) is 14.5 Å². The van der Waals surface area contributed by atoms with Crippen LogP contribution >= 0.6 is 15.9 Å². The number of amides is 1. The van der Waals surface area contributed by atoms with Crippen molar-refractivity contribution in [2.75, 3.05) is 11.9 Å². The number of hydrogen-bond donors (Lipinski definition) is 2. The number of carbonyl (C=O) groups is 2. The summed E-state index contributed by atoms with van der Waals surface area (Å²) in [7, 11) is 0. The summed E-state index contributed by atoms with van der Waals surface area (Å²) >= 11 is 3.29. The molecule has 21 heavy (non-hydrogen) atoms. The molecule has 2 fully saturated rings. The fraction of sp³-hybridized carbons (Fsp3) is 0.500. The largest absolute Gasteiger partial charge is 0.481 e. The molecule has 2 N–H and O–H groups in total. The van der Waals surface area contributed by atoms with Crippen molar-refractivity contribution in [2.24, 2.45) is 5.92 Å². The monoisotopic (exact) mass is 353 g/mol. The van der Waals surface area contributed by atoms with Gasteiger partial charge in [0.2, 0.25) is 5.91 Å². The summed E-state index contributed by atoms with van der Waals surface area (Å²) in [6, 6.07) is 3.75. The third-order valence-electron chi connectivity index (χ3n) is 4.32. The van der Waals surface area contributed by atoms with Gasteiger partial charge in [0.1, 0.15) is 5.82 Å².